The lowest BCUT2D eigenvalue weighted by atomic mass is 9.93. The van der Waals surface area contributed by atoms with Crippen LogP contribution in [0.4, 0.5) is 0 Å². The third-order valence-electron chi connectivity index (χ3n) is 7.08. The van der Waals surface area contributed by atoms with E-state index in [0.29, 0.717) is 32.4 Å². The molecule has 2 aliphatic heterocycles. The molecule has 0 aliphatic carbocycles. The van der Waals surface area contributed by atoms with Crippen molar-refractivity contribution < 1.29 is 19.1 Å². The third kappa shape index (κ3) is 6.07. The first-order valence-electron chi connectivity index (χ1n) is 12.3. The normalized spacial score (nSPS) is 25.3. The van der Waals surface area contributed by atoms with Crippen LogP contribution in [-0.2, 0) is 20.8 Å². The van der Waals surface area contributed by atoms with E-state index in [1.807, 2.05) is 38.2 Å². The molecule has 0 spiro atoms. The Morgan fingerprint density at radius 1 is 1.18 bits per heavy atom. The maximum absolute atomic E-state index is 13.7. The van der Waals surface area contributed by atoms with Gasteiger partial charge in [0.2, 0.25) is 17.7 Å². The number of rotatable bonds is 10. The molecule has 188 valence electrons. The zero-order valence-electron chi connectivity index (χ0n) is 20.5. The Balaban J connectivity index is 1.67. The number of hydrogen-bond acceptors (Lipinski definition) is 6. The van der Waals surface area contributed by atoms with E-state index < -0.39 is 18.1 Å². The van der Waals surface area contributed by atoms with E-state index in [-0.39, 0.29) is 29.7 Å². The molecule has 0 bridgehead atoms. The number of benzene rings is 1. The molecule has 9 heteroatoms. The van der Waals surface area contributed by atoms with Crippen molar-refractivity contribution in [2.24, 2.45) is 11.7 Å². The standard InChI is InChI=1S/C25H39N5O4/c1-4-20(26)23(31)29-22-17(15-27-2)7-8-18-9-12-21(30(18)25(22)33)24(32)28-14-13-16-5-10-19(34-3)11-6-16/h5-6,10-11,17-18,20-22,27H,4,7-9,12-15,26H2,1-3H3,(H,28,32)(H,29,31)/t17?,18?,20-,21?,22?/m0/s1. The minimum atomic E-state index is -0.685. The second-order valence-electron chi connectivity index (χ2n) is 9.28. The van der Waals surface area contributed by atoms with Gasteiger partial charge in [-0.1, -0.05) is 19.1 Å². The van der Waals surface area contributed by atoms with Crippen molar-refractivity contribution in [3.05, 3.63) is 29.8 Å². The van der Waals surface area contributed by atoms with E-state index in [2.05, 4.69) is 16.0 Å². The molecule has 5 N–H and O–H groups in total. The summed E-state index contributed by atoms with van der Waals surface area (Å²) in [6.45, 7) is 2.94. The van der Waals surface area contributed by atoms with Gasteiger partial charge in [0.1, 0.15) is 17.8 Å². The van der Waals surface area contributed by atoms with Crippen molar-refractivity contribution in [1.82, 2.24) is 20.9 Å². The molecule has 0 aromatic heterocycles. The van der Waals surface area contributed by atoms with Crippen LogP contribution < -0.4 is 26.4 Å². The Morgan fingerprint density at radius 2 is 1.88 bits per heavy atom. The van der Waals surface area contributed by atoms with Crippen molar-refractivity contribution in [1.29, 1.82) is 0 Å². The van der Waals surface area contributed by atoms with E-state index in [4.69, 9.17) is 10.5 Å². The molecule has 4 unspecified atom stereocenters. The van der Waals surface area contributed by atoms with Gasteiger partial charge >= 0.3 is 0 Å². The highest BCUT2D eigenvalue weighted by Crippen LogP contribution is 2.34. The lowest BCUT2D eigenvalue weighted by Crippen LogP contribution is -2.58. The highest BCUT2D eigenvalue weighted by atomic mass is 16.5. The Hall–Kier alpha value is -2.65. The molecule has 1 aromatic carbocycles. The van der Waals surface area contributed by atoms with Gasteiger partial charge in [0.05, 0.1) is 13.2 Å². The quantitative estimate of drug-likeness (QED) is 0.394. The SMILES string of the molecule is CC[C@H](N)C(=O)NC1C(=O)N2C(CCC1CNC)CCC2C(=O)NCCc1ccc(OC)cc1. The maximum atomic E-state index is 13.7. The molecule has 3 amide bonds. The van der Waals surface area contributed by atoms with Gasteiger partial charge in [-0.3, -0.25) is 14.4 Å². The first-order valence-corrected chi connectivity index (χ1v) is 12.3. The summed E-state index contributed by atoms with van der Waals surface area (Å²) < 4.78 is 5.18. The van der Waals surface area contributed by atoms with Gasteiger partial charge < -0.3 is 31.3 Å². The molecule has 2 heterocycles. The van der Waals surface area contributed by atoms with Gasteiger partial charge in [-0.2, -0.15) is 0 Å². The minimum absolute atomic E-state index is 0.0194. The molecule has 3 rings (SSSR count). The zero-order chi connectivity index (χ0) is 24.7. The fourth-order valence-corrected chi connectivity index (χ4v) is 5.04. The molecule has 2 saturated heterocycles. The number of methoxy groups -OCH3 is 1. The summed E-state index contributed by atoms with van der Waals surface area (Å²) in [4.78, 5) is 41.1. The Morgan fingerprint density at radius 3 is 2.53 bits per heavy atom. The van der Waals surface area contributed by atoms with Crippen LogP contribution in [0.25, 0.3) is 0 Å². The van der Waals surface area contributed by atoms with E-state index in [1.54, 1.807) is 12.0 Å². The van der Waals surface area contributed by atoms with Crippen LogP contribution in [0.2, 0.25) is 0 Å². The summed E-state index contributed by atoms with van der Waals surface area (Å²) in [6.07, 6.45) is 4.23. The van der Waals surface area contributed by atoms with Crippen molar-refractivity contribution in [2.75, 3.05) is 27.2 Å². The van der Waals surface area contributed by atoms with Crippen LogP contribution in [0, 0.1) is 5.92 Å². The van der Waals surface area contributed by atoms with Crippen molar-refractivity contribution in [2.45, 2.75) is 69.6 Å². The van der Waals surface area contributed by atoms with Gasteiger partial charge in [-0.25, -0.2) is 0 Å². The van der Waals surface area contributed by atoms with E-state index >= 15 is 0 Å². The van der Waals surface area contributed by atoms with Crippen LogP contribution in [0.1, 0.15) is 44.6 Å². The molecule has 1 aromatic rings. The topological polar surface area (TPSA) is 126 Å². The summed E-state index contributed by atoms with van der Waals surface area (Å²) in [5.74, 6) is 0.122. The Kier molecular flexibility index (Phi) is 9.29. The number of ether oxygens (including phenoxy) is 1. The molecular weight excluding hydrogens is 434 g/mol. The third-order valence-corrected chi connectivity index (χ3v) is 7.08. The summed E-state index contributed by atoms with van der Waals surface area (Å²) in [7, 11) is 3.47. The predicted octanol–water partition coefficient (Wildman–Crippen LogP) is 0.565. The van der Waals surface area contributed by atoms with Crippen LogP contribution >= 0.6 is 0 Å². The highest BCUT2D eigenvalue weighted by molar-refractivity contribution is 5.94. The Labute approximate surface area is 202 Å². The fourth-order valence-electron chi connectivity index (χ4n) is 5.04. The van der Waals surface area contributed by atoms with Gasteiger partial charge in [0.15, 0.2) is 0 Å². The Bertz CT molecular complexity index is 846. The fraction of sp³-hybridized carbons (Fsp3) is 0.640. The number of carbonyl (C=O) groups is 3. The highest BCUT2D eigenvalue weighted by Gasteiger charge is 2.47. The second-order valence-corrected chi connectivity index (χ2v) is 9.28. The van der Waals surface area contributed by atoms with Crippen molar-refractivity contribution in [3.8, 4) is 5.75 Å². The number of nitrogens with zero attached hydrogens (tertiary/aromatic N) is 1. The molecule has 2 fully saturated rings. The van der Waals surface area contributed by atoms with Crippen LogP contribution in [-0.4, -0.2) is 74.0 Å². The van der Waals surface area contributed by atoms with E-state index in [9.17, 15) is 14.4 Å². The molecular formula is C25H39N5O4. The molecule has 5 atom stereocenters. The lowest BCUT2D eigenvalue weighted by Gasteiger charge is -2.32. The lowest BCUT2D eigenvalue weighted by molar-refractivity contribution is -0.143. The van der Waals surface area contributed by atoms with Crippen LogP contribution in [0.15, 0.2) is 24.3 Å². The van der Waals surface area contributed by atoms with Gasteiger partial charge in [0.25, 0.3) is 0 Å². The van der Waals surface area contributed by atoms with E-state index in [1.165, 1.54) is 0 Å². The van der Waals surface area contributed by atoms with Crippen molar-refractivity contribution in [3.63, 3.8) is 0 Å². The molecule has 2 aliphatic rings. The molecule has 0 radical (unpaired) electrons. The maximum Gasteiger partial charge on any atom is 0.246 e. The number of carbonyl (C=O) groups excluding carboxylic acids is 3. The predicted molar refractivity (Wildman–Crippen MR) is 130 cm³/mol. The molecule has 34 heavy (non-hydrogen) atoms. The number of amides is 3. The number of nitrogens with one attached hydrogen (secondary N) is 3. The summed E-state index contributed by atoms with van der Waals surface area (Å²) in [6, 6.07) is 5.92. The largest absolute Gasteiger partial charge is 0.497 e. The van der Waals surface area contributed by atoms with E-state index in [0.717, 1.165) is 30.6 Å². The first-order chi connectivity index (χ1) is 16.4. The smallest absolute Gasteiger partial charge is 0.246 e. The average molecular weight is 474 g/mol. The molecule has 9 nitrogen and oxygen atoms in total. The second kappa shape index (κ2) is 12.2. The zero-order valence-corrected chi connectivity index (χ0v) is 20.5. The summed E-state index contributed by atoms with van der Waals surface area (Å²) in [5, 5.41) is 9.06. The summed E-state index contributed by atoms with van der Waals surface area (Å²) >= 11 is 0. The number of hydrogen-bond donors (Lipinski definition) is 4. The number of fused-ring (bicyclic) bond motifs is 1. The van der Waals surface area contributed by atoms with Crippen LogP contribution in [0.3, 0.4) is 0 Å². The average Bonchev–Trinajstić information content (AvgIpc) is 3.23. The monoisotopic (exact) mass is 473 g/mol. The molecule has 0 saturated carbocycles. The minimum Gasteiger partial charge on any atom is -0.497 e. The number of nitrogens with two attached hydrogens (primary N) is 1. The summed E-state index contributed by atoms with van der Waals surface area (Å²) in [5.41, 5.74) is 7.01. The van der Waals surface area contributed by atoms with Gasteiger partial charge in [-0.15, -0.1) is 0 Å². The van der Waals surface area contributed by atoms with Crippen molar-refractivity contribution >= 4 is 17.7 Å². The van der Waals surface area contributed by atoms with Gasteiger partial charge in [-0.05, 0) is 63.3 Å². The van der Waals surface area contributed by atoms with Gasteiger partial charge in [0, 0.05) is 25.0 Å². The van der Waals surface area contributed by atoms with Crippen LogP contribution in [0.5, 0.6) is 5.75 Å². The first kappa shape index (κ1) is 26.0.